The Hall–Kier alpha value is -3.12. The Morgan fingerprint density at radius 3 is 2.59 bits per heavy atom. The summed E-state index contributed by atoms with van der Waals surface area (Å²) in [6.45, 7) is 4.35. The van der Waals surface area contributed by atoms with Crippen molar-refractivity contribution in [3.8, 4) is 22.8 Å². The summed E-state index contributed by atoms with van der Waals surface area (Å²) in [5.41, 5.74) is 3.18. The molecule has 4 rings (SSSR count). The molecule has 1 saturated heterocycles. The summed E-state index contributed by atoms with van der Waals surface area (Å²) in [5.74, 6) is 1.74. The maximum absolute atomic E-state index is 11.7. The Kier molecular flexibility index (Phi) is 5.62. The summed E-state index contributed by atoms with van der Waals surface area (Å²) >= 11 is 0. The van der Waals surface area contributed by atoms with E-state index in [-0.39, 0.29) is 11.9 Å². The maximum Gasteiger partial charge on any atom is 0.221 e. The zero-order chi connectivity index (χ0) is 20.2. The van der Waals surface area contributed by atoms with Crippen molar-refractivity contribution in [2.24, 2.45) is 7.05 Å². The van der Waals surface area contributed by atoms with Crippen LogP contribution in [0.1, 0.15) is 18.9 Å². The minimum atomic E-state index is 0.125. The molecule has 29 heavy (non-hydrogen) atoms. The second-order valence-corrected chi connectivity index (χ2v) is 7.49. The van der Waals surface area contributed by atoms with E-state index in [1.807, 2.05) is 66.3 Å². The molecule has 0 bridgehead atoms. The number of ether oxygens (including phenoxy) is 1. The lowest BCUT2D eigenvalue weighted by Crippen LogP contribution is -2.37. The highest BCUT2D eigenvalue weighted by Crippen LogP contribution is 2.28. The molecule has 6 nitrogen and oxygen atoms in total. The van der Waals surface area contributed by atoms with Gasteiger partial charge in [0, 0.05) is 56.5 Å². The number of carbonyl (C=O) groups excluding carboxylic acids is 1. The van der Waals surface area contributed by atoms with Gasteiger partial charge in [0.15, 0.2) is 0 Å². The van der Waals surface area contributed by atoms with Gasteiger partial charge in [0.1, 0.15) is 11.5 Å². The van der Waals surface area contributed by atoms with Crippen molar-refractivity contribution in [3.05, 3.63) is 66.4 Å². The number of aromatic nitrogens is 2. The second-order valence-electron chi connectivity index (χ2n) is 7.49. The SMILES string of the molecule is C[C@@H]1CNC(=O)CCN1Cc1cn(C)nc1-c1ccc(Oc2ccccc2)cc1. The monoisotopic (exact) mass is 390 g/mol. The van der Waals surface area contributed by atoms with Crippen molar-refractivity contribution in [2.45, 2.75) is 25.9 Å². The molecule has 0 unspecified atom stereocenters. The third-order valence-corrected chi connectivity index (χ3v) is 5.23. The topological polar surface area (TPSA) is 59.4 Å². The van der Waals surface area contributed by atoms with Gasteiger partial charge in [-0.25, -0.2) is 0 Å². The van der Waals surface area contributed by atoms with Crippen LogP contribution in [0.2, 0.25) is 0 Å². The molecule has 150 valence electrons. The zero-order valence-electron chi connectivity index (χ0n) is 16.8. The van der Waals surface area contributed by atoms with E-state index >= 15 is 0 Å². The molecule has 6 heteroatoms. The molecular weight excluding hydrogens is 364 g/mol. The van der Waals surface area contributed by atoms with Gasteiger partial charge in [0.05, 0.1) is 5.69 Å². The molecule has 1 aliphatic heterocycles. The summed E-state index contributed by atoms with van der Waals surface area (Å²) < 4.78 is 7.74. The van der Waals surface area contributed by atoms with Crippen LogP contribution in [0, 0.1) is 0 Å². The average Bonchev–Trinajstić information content (AvgIpc) is 3.02. The number of aryl methyl sites for hydroxylation is 1. The van der Waals surface area contributed by atoms with Crippen molar-refractivity contribution < 1.29 is 9.53 Å². The molecule has 1 fully saturated rings. The number of nitrogens with zero attached hydrogens (tertiary/aromatic N) is 3. The van der Waals surface area contributed by atoms with E-state index < -0.39 is 0 Å². The van der Waals surface area contributed by atoms with Gasteiger partial charge in [-0.1, -0.05) is 18.2 Å². The van der Waals surface area contributed by atoms with Crippen molar-refractivity contribution in [1.29, 1.82) is 0 Å². The van der Waals surface area contributed by atoms with Gasteiger partial charge < -0.3 is 10.1 Å². The maximum atomic E-state index is 11.7. The summed E-state index contributed by atoms with van der Waals surface area (Å²) in [5, 5.41) is 7.66. The summed E-state index contributed by atoms with van der Waals surface area (Å²) in [6, 6.07) is 18.1. The molecule has 0 aliphatic carbocycles. The molecule has 0 radical (unpaired) electrons. The van der Waals surface area contributed by atoms with Crippen molar-refractivity contribution in [2.75, 3.05) is 13.1 Å². The normalized spacial score (nSPS) is 17.6. The van der Waals surface area contributed by atoms with Gasteiger partial charge in [-0.05, 0) is 43.3 Å². The number of carbonyl (C=O) groups is 1. The largest absolute Gasteiger partial charge is 0.457 e. The van der Waals surface area contributed by atoms with Crippen LogP contribution in [0.4, 0.5) is 0 Å². The fraction of sp³-hybridized carbons (Fsp3) is 0.304. The smallest absolute Gasteiger partial charge is 0.221 e. The second kappa shape index (κ2) is 8.49. The molecular formula is C23H26N4O2. The van der Waals surface area contributed by atoms with Crippen molar-refractivity contribution in [3.63, 3.8) is 0 Å². The Labute approximate surface area is 171 Å². The lowest BCUT2D eigenvalue weighted by atomic mass is 10.1. The third kappa shape index (κ3) is 4.66. The molecule has 2 heterocycles. The molecule has 1 aliphatic rings. The lowest BCUT2D eigenvalue weighted by Gasteiger charge is -2.26. The lowest BCUT2D eigenvalue weighted by molar-refractivity contribution is -0.120. The molecule has 0 spiro atoms. The number of benzene rings is 2. The first-order valence-electron chi connectivity index (χ1n) is 9.95. The van der Waals surface area contributed by atoms with E-state index in [1.54, 1.807) is 0 Å². The highest BCUT2D eigenvalue weighted by atomic mass is 16.5. The number of hydrogen-bond donors (Lipinski definition) is 1. The van der Waals surface area contributed by atoms with E-state index in [0.717, 1.165) is 41.4 Å². The van der Waals surface area contributed by atoms with Gasteiger partial charge >= 0.3 is 0 Å². The predicted molar refractivity (Wildman–Crippen MR) is 113 cm³/mol. The van der Waals surface area contributed by atoms with Crippen LogP contribution < -0.4 is 10.1 Å². The van der Waals surface area contributed by atoms with Gasteiger partial charge in [0.2, 0.25) is 5.91 Å². The van der Waals surface area contributed by atoms with E-state index in [2.05, 4.69) is 23.3 Å². The Morgan fingerprint density at radius 2 is 1.83 bits per heavy atom. The molecule has 3 aromatic rings. The highest BCUT2D eigenvalue weighted by Gasteiger charge is 2.22. The van der Waals surface area contributed by atoms with Crippen LogP contribution in [0.25, 0.3) is 11.3 Å². The third-order valence-electron chi connectivity index (χ3n) is 5.23. The van der Waals surface area contributed by atoms with E-state index in [9.17, 15) is 4.79 Å². The van der Waals surface area contributed by atoms with Crippen LogP contribution in [0.3, 0.4) is 0 Å². The molecule has 0 saturated carbocycles. The minimum Gasteiger partial charge on any atom is -0.457 e. The van der Waals surface area contributed by atoms with Crippen LogP contribution in [-0.2, 0) is 18.4 Å². The molecule has 1 aromatic heterocycles. The van der Waals surface area contributed by atoms with Crippen LogP contribution in [0.15, 0.2) is 60.8 Å². The molecule has 1 atom stereocenters. The summed E-state index contributed by atoms with van der Waals surface area (Å²) in [4.78, 5) is 14.1. The first kappa shape index (κ1) is 19.2. The number of amides is 1. The minimum absolute atomic E-state index is 0.125. The predicted octanol–water partition coefficient (Wildman–Crippen LogP) is 3.59. The van der Waals surface area contributed by atoms with E-state index in [1.165, 1.54) is 0 Å². The number of hydrogen-bond acceptors (Lipinski definition) is 4. The first-order valence-corrected chi connectivity index (χ1v) is 9.95. The highest BCUT2D eigenvalue weighted by molar-refractivity contribution is 5.76. The van der Waals surface area contributed by atoms with Crippen molar-refractivity contribution in [1.82, 2.24) is 20.0 Å². The Balaban J connectivity index is 1.52. The average molecular weight is 390 g/mol. The van der Waals surface area contributed by atoms with Gasteiger partial charge in [-0.3, -0.25) is 14.4 Å². The van der Waals surface area contributed by atoms with Crippen LogP contribution >= 0.6 is 0 Å². The Bertz CT molecular complexity index is 966. The van der Waals surface area contributed by atoms with Gasteiger partial charge in [-0.15, -0.1) is 0 Å². The van der Waals surface area contributed by atoms with Crippen molar-refractivity contribution >= 4 is 5.91 Å². The van der Waals surface area contributed by atoms with Gasteiger partial charge in [0.25, 0.3) is 0 Å². The van der Waals surface area contributed by atoms with E-state index in [4.69, 9.17) is 9.84 Å². The zero-order valence-corrected chi connectivity index (χ0v) is 16.8. The van der Waals surface area contributed by atoms with E-state index in [0.29, 0.717) is 13.0 Å². The van der Waals surface area contributed by atoms with Crippen LogP contribution in [0.5, 0.6) is 11.5 Å². The Morgan fingerprint density at radius 1 is 1.10 bits per heavy atom. The quantitative estimate of drug-likeness (QED) is 0.723. The number of nitrogens with one attached hydrogen (secondary N) is 1. The first-order chi connectivity index (χ1) is 14.1. The molecule has 2 aromatic carbocycles. The molecule has 1 N–H and O–H groups in total. The summed E-state index contributed by atoms with van der Waals surface area (Å²) in [6.07, 6.45) is 2.60. The summed E-state index contributed by atoms with van der Waals surface area (Å²) in [7, 11) is 1.94. The van der Waals surface area contributed by atoms with Gasteiger partial charge in [-0.2, -0.15) is 5.10 Å². The fourth-order valence-corrected chi connectivity index (χ4v) is 3.60. The standard InChI is InChI=1S/C23H26N4O2/c1-17-14-24-22(28)12-13-27(17)16-19-15-26(2)25-23(19)18-8-10-21(11-9-18)29-20-6-4-3-5-7-20/h3-11,15,17H,12-14,16H2,1-2H3,(H,24,28)/t17-/m1/s1. The number of rotatable bonds is 5. The van der Waals surface area contributed by atoms with Crippen LogP contribution in [-0.4, -0.2) is 39.7 Å². The fourth-order valence-electron chi connectivity index (χ4n) is 3.60. The molecule has 1 amide bonds. The number of para-hydroxylation sites is 1.